The average molecular weight is 385 g/mol. The second-order valence-corrected chi connectivity index (χ2v) is 7.30. The Hall–Kier alpha value is -3.39. The van der Waals surface area contributed by atoms with Gasteiger partial charge in [-0.3, -0.25) is 4.79 Å². The van der Waals surface area contributed by atoms with Gasteiger partial charge in [0.15, 0.2) is 5.82 Å². The molecule has 2 heterocycles. The standard InChI is InChI=1S/C24H23N3O2/c1-18-14-22(29-17-23-25-12-3-13-26-23)15-24(28)27(18)16-21-10-8-20(9-11-21)7-6-19-4-2-5-19/h3,8-15,19H,2,4-5,16-17H2,1H3. The van der Waals surface area contributed by atoms with Gasteiger partial charge in [0.25, 0.3) is 5.56 Å². The van der Waals surface area contributed by atoms with Gasteiger partial charge in [0.2, 0.25) is 0 Å². The Labute approximate surface area is 170 Å². The van der Waals surface area contributed by atoms with Gasteiger partial charge in [-0.05, 0) is 49.6 Å². The van der Waals surface area contributed by atoms with Gasteiger partial charge in [-0.2, -0.15) is 0 Å². The maximum atomic E-state index is 12.6. The zero-order chi connectivity index (χ0) is 20.1. The summed E-state index contributed by atoms with van der Waals surface area (Å²) in [6.07, 6.45) is 7.09. The van der Waals surface area contributed by atoms with Crippen molar-refractivity contribution in [2.24, 2.45) is 5.92 Å². The molecule has 0 spiro atoms. The third kappa shape index (κ3) is 4.91. The molecule has 0 radical (unpaired) electrons. The second kappa shape index (κ2) is 8.74. The van der Waals surface area contributed by atoms with E-state index in [2.05, 4.69) is 21.8 Å². The summed E-state index contributed by atoms with van der Waals surface area (Å²) < 4.78 is 7.42. The van der Waals surface area contributed by atoms with Crippen LogP contribution in [0.1, 0.15) is 41.9 Å². The molecule has 2 aromatic heterocycles. The highest BCUT2D eigenvalue weighted by atomic mass is 16.5. The fourth-order valence-electron chi connectivity index (χ4n) is 3.15. The van der Waals surface area contributed by atoms with Crippen LogP contribution in [0.25, 0.3) is 0 Å². The second-order valence-electron chi connectivity index (χ2n) is 7.30. The van der Waals surface area contributed by atoms with Gasteiger partial charge in [-0.15, -0.1) is 0 Å². The normalized spacial score (nSPS) is 13.3. The van der Waals surface area contributed by atoms with Crippen molar-refractivity contribution < 1.29 is 4.74 Å². The highest BCUT2D eigenvalue weighted by molar-refractivity contribution is 5.37. The Morgan fingerprint density at radius 1 is 1.14 bits per heavy atom. The van der Waals surface area contributed by atoms with Crippen LogP contribution >= 0.6 is 0 Å². The van der Waals surface area contributed by atoms with Crippen molar-refractivity contribution in [3.63, 3.8) is 0 Å². The van der Waals surface area contributed by atoms with E-state index >= 15 is 0 Å². The van der Waals surface area contributed by atoms with Crippen molar-refractivity contribution in [2.75, 3.05) is 0 Å². The predicted octanol–water partition coefficient (Wildman–Crippen LogP) is 3.73. The average Bonchev–Trinajstić information content (AvgIpc) is 2.70. The smallest absolute Gasteiger partial charge is 0.254 e. The van der Waals surface area contributed by atoms with E-state index in [0.717, 1.165) is 16.8 Å². The highest BCUT2D eigenvalue weighted by Crippen LogP contribution is 2.25. The van der Waals surface area contributed by atoms with Gasteiger partial charge in [0.05, 0.1) is 6.54 Å². The van der Waals surface area contributed by atoms with Crippen LogP contribution < -0.4 is 10.3 Å². The topological polar surface area (TPSA) is 57.0 Å². The summed E-state index contributed by atoms with van der Waals surface area (Å²) in [5, 5.41) is 0. The first kappa shape index (κ1) is 18.9. The van der Waals surface area contributed by atoms with Crippen LogP contribution in [0.3, 0.4) is 0 Å². The van der Waals surface area contributed by atoms with Crippen molar-refractivity contribution in [2.45, 2.75) is 39.3 Å². The number of nitrogens with zero attached hydrogens (tertiary/aromatic N) is 3. The lowest BCUT2D eigenvalue weighted by Gasteiger charge is -2.18. The lowest BCUT2D eigenvalue weighted by atomic mass is 9.86. The molecule has 1 saturated carbocycles. The first-order valence-electron chi connectivity index (χ1n) is 9.88. The number of pyridine rings is 1. The first-order valence-corrected chi connectivity index (χ1v) is 9.88. The molecular formula is C24H23N3O2. The fourth-order valence-corrected chi connectivity index (χ4v) is 3.15. The number of benzene rings is 1. The van der Waals surface area contributed by atoms with Gasteiger partial charge in [0.1, 0.15) is 12.4 Å². The Balaban J connectivity index is 1.43. The SMILES string of the molecule is Cc1cc(OCc2ncccn2)cc(=O)n1Cc1ccc(C#CC2CCC2)cc1. The van der Waals surface area contributed by atoms with E-state index in [1.54, 1.807) is 23.0 Å². The van der Waals surface area contributed by atoms with E-state index in [4.69, 9.17) is 4.74 Å². The molecule has 1 fully saturated rings. The van der Waals surface area contributed by atoms with Gasteiger partial charge < -0.3 is 9.30 Å². The maximum absolute atomic E-state index is 12.6. The van der Waals surface area contributed by atoms with Gasteiger partial charge in [-0.25, -0.2) is 9.97 Å². The highest BCUT2D eigenvalue weighted by Gasteiger charge is 2.13. The summed E-state index contributed by atoms with van der Waals surface area (Å²) in [7, 11) is 0. The summed E-state index contributed by atoms with van der Waals surface area (Å²) in [5.74, 6) is 8.25. The maximum Gasteiger partial charge on any atom is 0.254 e. The zero-order valence-corrected chi connectivity index (χ0v) is 16.5. The first-order chi connectivity index (χ1) is 14.2. The minimum absolute atomic E-state index is 0.0946. The quantitative estimate of drug-likeness (QED) is 0.628. The van der Waals surface area contributed by atoms with Crippen LogP contribution in [-0.4, -0.2) is 14.5 Å². The molecule has 4 rings (SSSR count). The van der Waals surface area contributed by atoms with E-state index in [0.29, 0.717) is 24.0 Å². The zero-order valence-electron chi connectivity index (χ0n) is 16.5. The molecule has 0 saturated heterocycles. The molecule has 1 aromatic carbocycles. The lowest BCUT2D eigenvalue weighted by molar-refractivity contribution is 0.294. The van der Waals surface area contributed by atoms with Crippen LogP contribution in [0.5, 0.6) is 5.75 Å². The molecule has 146 valence electrons. The Morgan fingerprint density at radius 3 is 2.55 bits per heavy atom. The third-order valence-electron chi connectivity index (χ3n) is 5.12. The number of ether oxygens (including phenoxy) is 1. The molecule has 1 aliphatic rings. The molecule has 5 nitrogen and oxygen atoms in total. The molecule has 0 bridgehead atoms. The molecule has 3 aromatic rings. The molecule has 1 aliphatic carbocycles. The number of hydrogen-bond donors (Lipinski definition) is 0. The van der Waals surface area contributed by atoms with E-state index in [1.165, 1.54) is 25.3 Å². The van der Waals surface area contributed by atoms with E-state index in [1.807, 2.05) is 37.3 Å². The predicted molar refractivity (Wildman–Crippen MR) is 112 cm³/mol. The summed E-state index contributed by atoms with van der Waals surface area (Å²) in [5.41, 5.74) is 2.84. The summed E-state index contributed by atoms with van der Waals surface area (Å²) in [6, 6.07) is 13.2. The number of aryl methyl sites for hydroxylation is 1. The Kier molecular flexibility index (Phi) is 5.71. The van der Waals surface area contributed by atoms with E-state index in [9.17, 15) is 4.79 Å². The van der Waals surface area contributed by atoms with Crippen LogP contribution in [0.4, 0.5) is 0 Å². The third-order valence-corrected chi connectivity index (χ3v) is 5.12. The van der Waals surface area contributed by atoms with E-state index in [-0.39, 0.29) is 12.2 Å². The monoisotopic (exact) mass is 385 g/mol. The van der Waals surface area contributed by atoms with Crippen LogP contribution in [-0.2, 0) is 13.2 Å². The molecule has 0 N–H and O–H groups in total. The molecule has 29 heavy (non-hydrogen) atoms. The van der Waals surface area contributed by atoms with Crippen molar-refractivity contribution >= 4 is 0 Å². The largest absolute Gasteiger partial charge is 0.485 e. The molecular weight excluding hydrogens is 362 g/mol. The molecule has 5 heteroatoms. The van der Waals surface area contributed by atoms with E-state index < -0.39 is 0 Å². The number of aromatic nitrogens is 3. The van der Waals surface area contributed by atoms with Gasteiger partial charge in [-0.1, -0.05) is 30.4 Å². The minimum atomic E-state index is -0.0946. The summed E-state index contributed by atoms with van der Waals surface area (Å²) in [4.78, 5) is 20.8. The van der Waals surface area contributed by atoms with Crippen LogP contribution in [0, 0.1) is 24.7 Å². The lowest BCUT2D eigenvalue weighted by Crippen LogP contribution is -2.22. The summed E-state index contributed by atoms with van der Waals surface area (Å²) in [6.45, 7) is 2.65. The van der Waals surface area contributed by atoms with Crippen LogP contribution in [0.2, 0.25) is 0 Å². The van der Waals surface area contributed by atoms with Crippen molar-refractivity contribution in [1.29, 1.82) is 0 Å². The van der Waals surface area contributed by atoms with Crippen LogP contribution in [0.15, 0.2) is 59.7 Å². The Morgan fingerprint density at radius 2 is 1.90 bits per heavy atom. The molecule has 0 atom stereocenters. The molecule has 0 aliphatic heterocycles. The van der Waals surface area contributed by atoms with Crippen molar-refractivity contribution in [1.82, 2.24) is 14.5 Å². The van der Waals surface area contributed by atoms with Crippen molar-refractivity contribution in [3.8, 4) is 17.6 Å². The van der Waals surface area contributed by atoms with Gasteiger partial charge in [0, 0.05) is 35.6 Å². The molecule has 0 unspecified atom stereocenters. The van der Waals surface area contributed by atoms with Gasteiger partial charge >= 0.3 is 0 Å². The number of rotatable bonds is 5. The Bertz CT molecular complexity index is 1090. The minimum Gasteiger partial charge on any atom is -0.485 e. The fraction of sp³-hybridized carbons (Fsp3) is 0.292. The summed E-state index contributed by atoms with van der Waals surface area (Å²) >= 11 is 0. The molecule has 0 amide bonds. The van der Waals surface area contributed by atoms with Crippen molar-refractivity contribution in [3.05, 3.63) is 87.9 Å². The number of hydrogen-bond acceptors (Lipinski definition) is 4.